The van der Waals surface area contributed by atoms with E-state index in [-0.39, 0.29) is 50.8 Å². The molecule has 5 aromatic rings. The van der Waals surface area contributed by atoms with Crippen molar-refractivity contribution in [2.45, 2.75) is 296 Å². The highest BCUT2D eigenvalue weighted by atomic mass is 28.4. The molecule has 2 aliphatic rings. The molecule has 0 spiro atoms. The van der Waals surface area contributed by atoms with Crippen LogP contribution in [0.4, 0.5) is 0 Å². The number of aliphatic hydroxyl groups excluding tert-OH is 6. The van der Waals surface area contributed by atoms with Crippen LogP contribution in [0.3, 0.4) is 0 Å². The molecule has 0 saturated carbocycles. The lowest BCUT2D eigenvalue weighted by Crippen LogP contribution is -2.43. The Hall–Kier alpha value is -9.93. The fourth-order valence-corrected chi connectivity index (χ4v) is 16.2. The number of aromatic nitrogens is 10. The van der Waals surface area contributed by atoms with Crippen LogP contribution >= 0.6 is 0 Å². The first-order valence-electron chi connectivity index (χ1n) is 42.8. The van der Waals surface area contributed by atoms with E-state index < -0.39 is 179 Å². The largest absolute Gasteiger partial charge is 0.531 e. The van der Waals surface area contributed by atoms with Gasteiger partial charge in [0.25, 0.3) is 22.2 Å². The smallest absolute Gasteiger partial charge is 0.330 e. The summed E-state index contributed by atoms with van der Waals surface area (Å²) in [6, 6.07) is -0.357. The molecule has 0 aliphatic carbocycles. The van der Waals surface area contributed by atoms with E-state index in [1.54, 1.807) is 109 Å². The van der Waals surface area contributed by atoms with Crippen LogP contribution in [0.25, 0.3) is 0 Å². The number of H-pyrrole nitrogens is 4. The number of ether oxygens (including phenoxy) is 8. The quantitative estimate of drug-likeness (QED) is 0.00914. The lowest BCUT2D eigenvalue weighted by atomic mass is 9.76. The molecule has 42 heteroatoms. The van der Waals surface area contributed by atoms with Crippen molar-refractivity contribution in [3.05, 3.63) is 155 Å². The van der Waals surface area contributed by atoms with E-state index in [0.29, 0.717) is 78.6 Å². The Morgan fingerprint density at radius 1 is 0.485 bits per heavy atom. The zero-order chi connectivity index (χ0) is 101. The molecular weight excluding hydrogens is 1730 g/mol. The summed E-state index contributed by atoms with van der Waals surface area (Å²) in [7, 11) is 4.42. The van der Waals surface area contributed by atoms with Gasteiger partial charge >= 0.3 is 64.6 Å². The molecule has 2 saturated heterocycles. The summed E-state index contributed by atoms with van der Waals surface area (Å²) < 4.78 is 56.5. The van der Waals surface area contributed by atoms with Crippen LogP contribution in [0.15, 0.2) is 82.0 Å². The van der Waals surface area contributed by atoms with Gasteiger partial charge in [-0.25, -0.2) is 24.2 Å². The second-order valence-electron chi connectivity index (χ2n) is 36.3. The van der Waals surface area contributed by atoms with Gasteiger partial charge in [-0.3, -0.25) is 86.1 Å². The molecule has 16 atom stereocenters. The van der Waals surface area contributed by atoms with Gasteiger partial charge in [-0.15, -0.1) is 6.58 Å². The number of hydrogen-bond acceptors (Lipinski definition) is 32. The first kappa shape index (κ1) is 118. The molecule has 0 radical (unpaired) electrons. The number of allylic oxidation sites excluding steroid dienone is 1. The van der Waals surface area contributed by atoms with Gasteiger partial charge < -0.3 is 77.4 Å². The van der Waals surface area contributed by atoms with Crippen molar-refractivity contribution >= 4 is 52.5 Å². The zero-order valence-electron chi connectivity index (χ0n) is 81.7. The molecule has 130 heavy (non-hydrogen) atoms. The standard InChI is InChI=1S/2C15H24N2O5.2C13H18N2O6.C11H22N2O2Si2.C11H22O3.C10H18O3/c2*1-6-11(18)15(4,13(20)22-5)7-10(3)17-8-9(2)12(19)16-14(17)21;2*1-7-5-15(12(19)14-10(7)17)9-4-13(2,11(18)20-3)8(6-16)21-9;1-9-8-12-11(15-17(5,6)7)13-10(9)14-16(2,3)4;1-6-9(12)11(4,7-8(2)3)10(13)14-5;1-5-7-10(3,8(11)6-2)9(12)13-4/h2*8,10-11,18H,6-7H2,1-5H3,(H,16,19,21);2*5,8-9,16H,4,6H2,1-3H3,(H,14,17,19);8H,1-7H3;8-9,12H,6-7H2,1-5H3;5,8,11H,1,6-7H2,2-4H3/t2*10-,11?,15?;2*8-,9?,13-;;;/m1011.../s1. The third kappa shape index (κ3) is 31.7. The van der Waals surface area contributed by atoms with Gasteiger partial charge in [-0.1, -0.05) is 47.6 Å². The molecule has 0 aromatic carbocycles. The van der Waals surface area contributed by atoms with Crippen molar-refractivity contribution in [1.82, 2.24) is 48.2 Å². The van der Waals surface area contributed by atoms with Crippen molar-refractivity contribution in [3.63, 3.8) is 0 Å². The summed E-state index contributed by atoms with van der Waals surface area (Å²) in [5, 5.41) is 58.7. The second-order valence-corrected chi connectivity index (χ2v) is 45.1. The third-order valence-corrected chi connectivity index (χ3v) is 24.3. The fraction of sp³-hybridized carbons (Fsp3) is 0.682. The number of carbonyl (C=O) groups excluding carboxylic acids is 6. The minimum absolute atomic E-state index is 0.163. The predicted molar refractivity (Wildman–Crippen MR) is 489 cm³/mol. The van der Waals surface area contributed by atoms with Crippen LogP contribution in [0.1, 0.15) is 213 Å². The van der Waals surface area contributed by atoms with Crippen LogP contribution in [-0.2, 0) is 66.7 Å². The van der Waals surface area contributed by atoms with E-state index in [0.717, 1.165) is 5.56 Å². The number of carbonyl (C=O) groups is 6. The SMILES string of the molecule is C=CCC(C)(C(=O)OC)C(O)CC.CCC(O)C(C)(CC(C)C)C(=O)OC.CCC(O)C(C)(C[C@@H](C)n1cc(C)c(=O)[nH]c1=O)C(=O)OC.CCC(O)C(C)(C[C@H](C)n1cc(C)c(=O)[nH]c1=O)C(=O)OC.COC(=O)[C@]1(C)CC(n2cc(C)c(=O)[nH]c2=O)O[C@@H]1CO.COC(=O)[C@]1(C)CC(n2cc(C)c(=O)[nH]c2=O)O[C@@H]1CO.Cc1cnc(O[Si](C)(C)C)nc1O[Si](C)(C)C. The summed E-state index contributed by atoms with van der Waals surface area (Å²) in [4.78, 5) is 182. The highest BCUT2D eigenvalue weighted by Gasteiger charge is 2.54. The lowest BCUT2D eigenvalue weighted by molar-refractivity contribution is -0.161. The van der Waals surface area contributed by atoms with E-state index in [1.807, 2.05) is 34.6 Å². The Labute approximate surface area is 760 Å². The second kappa shape index (κ2) is 51.2. The number of aryl methyl sites for hydroxylation is 5. The summed E-state index contributed by atoms with van der Waals surface area (Å²) >= 11 is 0. The minimum atomic E-state index is -1.67. The average molecular weight is 1880 g/mol. The summed E-state index contributed by atoms with van der Waals surface area (Å²) in [5.41, 5.74) is -7.67. The van der Waals surface area contributed by atoms with Gasteiger partial charge in [0, 0.05) is 83.7 Å². The van der Waals surface area contributed by atoms with E-state index in [2.05, 4.69) is 80.5 Å². The van der Waals surface area contributed by atoms with E-state index in [4.69, 9.17) is 42.0 Å². The summed E-state index contributed by atoms with van der Waals surface area (Å²) in [5.74, 6) is -1.77. The predicted octanol–water partition coefficient (Wildman–Crippen LogP) is 6.81. The van der Waals surface area contributed by atoms with Crippen molar-refractivity contribution in [3.8, 4) is 11.9 Å². The minimum Gasteiger partial charge on any atom is -0.531 e. The number of nitrogens with one attached hydrogen (secondary N) is 4. The monoisotopic (exact) mass is 1880 g/mol. The van der Waals surface area contributed by atoms with Crippen molar-refractivity contribution in [2.24, 2.45) is 38.4 Å². The first-order valence-corrected chi connectivity index (χ1v) is 49.7. The lowest BCUT2D eigenvalue weighted by Gasteiger charge is -2.33. The van der Waals surface area contributed by atoms with Gasteiger partial charge in [0.15, 0.2) is 0 Å². The van der Waals surface area contributed by atoms with Gasteiger partial charge in [-0.05, 0) is 187 Å². The molecule has 2 fully saturated rings. The Bertz CT molecular complexity index is 4850. The summed E-state index contributed by atoms with van der Waals surface area (Å²) in [6.45, 7) is 48.5. The number of rotatable bonds is 32. The Balaban J connectivity index is 0.000000764. The topological polar surface area (TPSA) is 561 Å². The Morgan fingerprint density at radius 3 is 1.05 bits per heavy atom. The maximum absolute atomic E-state index is 12.1. The Kier molecular flexibility index (Phi) is 46.5. The maximum atomic E-state index is 12.1. The van der Waals surface area contributed by atoms with Crippen molar-refractivity contribution < 1.29 is 106 Å². The van der Waals surface area contributed by atoms with Crippen LogP contribution < -0.4 is 53.8 Å². The molecule has 7 heterocycles. The highest BCUT2D eigenvalue weighted by molar-refractivity contribution is 6.70. The van der Waals surface area contributed by atoms with E-state index >= 15 is 0 Å². The van der Waals surface area contributed by atoms with Crippen LogP contribution in [0.2, 0.25) is 39.3 Å². The molecule has 5 aromatic heterocycles. The molecule has 10 N–H and O–H groups in total. The average Bonchev–Trinajstić information content (AvgIpc) is 1.58. The maximum Gasteiger partial charge on any atom is 0.330 e. The molecule has 10 unspecified atom stereocenters. The van der Waals surface area contributed by atoms with Crippen molar-refractivity contribution in [2.75, 3.05) is 55.9 Å². The number of aromatic amines is 4. The van der Waals surface area contributed by atoms with Crippen LogP contribution in [0, 0.1) is 73.0 Å². The van der Waals surface area contributed by atoms with Crippen LogP contribution in [-0.4, -0.2) is 224 Å². The summed E-state index contributed by atoms with van der Waals surface area (Å²) in [6.07, 6.45) is 6.58. The van der Waals surface area contributed by atoms with E-state index in [9.17, 15) is 97.8 Å². The van der Waals surface area contributed by atoms with Gasteiger partial charge in [0.2, 0.25) is 22.5 Å². The zero-order valence-corrected chi connectivity index (χ0v) is 83.7. The molecule has 736 valence electrons. The molecule has 7 rings (SSSR count). The van der Waals surface area contributed by atoms with Gasteiger partial charge in [0.1, 0.15) is 12.5 Å². The van der Waals surface area contributed by atoms with E-state index in [1.165, 1.54) is 85.7 Å². The molecule has 0 amide bonds. The third-order valence-electron chi connectivity index (χ3n) is 22.7. The molecule has 0 bridgehead atoms. The molecular formula is C88H146N10O30Si2. The first-order chi connectivity index (χ1) is 60.0. The molecule has 2 aliphatic heterocycles. The number of nitrogens with zero attached hydrogens (tertiary/aromatic N) is 6. The van der Waals surface area contributed by atoms with Crippen molar-refractivity contribution in [1.29, 1.82) is 0 Å². The molecule has 40 nitrogen and oxygen atoms in total. The number of hydrogen-bond donors (Lipinski definition) is 10. The van der Waals surface area contributed by atoms with Crippen LogP contribution in [0.5, 0.6) is 11.9 Å². The number of esters is 6. The highest BCUT2D eigenvalue weighted by Crippen LogP contribution is 2.46. The Morgan fingerprint density at radius 2 is 0.777 bits per heavy atom. The fourth-order valence-electron chi connectivity index (χ4n) is 14.8. The van der Waals surface area contributed by atoms with Gasteiger partial charge in [-0.2, -0.15) is 4.98 Å². The number of aliphatic hydroxyl groups is 6. The number of methoxy groups -OCH3 is 6. The van der Waals surface area contributed by atoms with Gasteiger partial charge in [0.05, 0.1) is 125 Å². The normalized spacial score (nSPS) is 20.1.